The first kappa shape index (κ1) is 98.5. The molecule has 3 amide bonds. The van der Waals surface area contributed by atoms with Gasteiger partial charge in [0.05, 0.1) is 135 Å². The van der Waals surface area contributed by atoms with Crippen molar-refractivity contribution in [3.63, 3.8) is 0 Å². The zero-order valence-electron chi connectivity index (χ0n) is 83.5. The fourth-order valence-corrected chi connectivity index (χ4v) is 24.2. The van der Waals surface area contributed by atoms with Gasteiger partial charge in [0.15, 0.2) is 0 Å². The average Bonchev–Trinajstić information content (AvgIpc) is 1.07. The van der Waals surface area contributed by atoms with Gasteiger partial charge in [0.25, 0.3) is 16.7 Å². The van der Waals surface area contributed by atoms with Gasteiger partial charge in [0, 0.05) is 177 Å². The number of carbonyl (C=O) groups excluding carboxylic acids is 3. The molecule has 6 aliphatic rings. The fraction of sp³-hybridized carbons (Fsp3) is 0.345. The highest BCUT2D eigenvalue weighted by molar-refractivity contribution is 6.40. The minimum atomic E-state index is -0.615. The van der Waals surface area contributed by atoms with Crippen molar-refractivity contribution >= 4 is 135 Å². The molecular weight excluding hydrogens is 1900 g/mol. The molecule has 3 N–H and O–H groups in total. The van der Waals surface area contributed by atoms with Crippen LogP contribution in [0.5, 0.6) is 5.75 Å². The molecule has 6 aromatic carbocycles. The summed E-state index contributed by atoms with van der Waals surface area (Å²) in [5, 5.41) is 1.58. The lowest BCUT2D eigenvalue weighted by atomic mass is 9.89. The molecule has 0 radical (unpaired) electrons. The number of benzene rings is 6. The molecule has 15 heterocycles. The zero-order chi connectivity index (χ0) is 103. The van der Waals surface area contributed by atoms with Crippen LogP contribution in [-0.4, -0.2) is 172 Å². The van der Waals surface area contributed by atoms with Crippen LogP contribution in [0.2, 0.25) is 15.1 Å². The minimum absolute atomic E-state index is 0.0198. The topological polar surface area (TPSA) is 298 Å². The average molecular weight is 2010 g/mol. The van der Waals surface area contributed by atoms with E-state index in [0.717, 1.165) is 33.5 Å². The van der Waals surface area contributed by atoms with Gasteiger partial charge in [-0.25, -0.2) is 27.6 Å². The third kappa shape index (κ3) is 15.5. The normalized spacial score (nSPS) is 17.6. The maximum Gasteiger partial charge on any atom is 0.326 e. The molecule has 144 heavy (non-hydrogen) atoms. The highest BCUT2D eigenvalue weighted by Crippen LogP contribution is 2.53. The highest BCUT2D eigenvalue weighted by Gasteiger charge is 2.47. The molecule has 0 bridgehead atoms. The van der Waals surface area contributed by atoms with E-state index >= 15 is 18.0 Å². The van der Waals surface area contributed by atoms with Gasteiger partial charge in [-0.3, -0.25) is 71.1 Å². The molecule has 15 aromatic rings. The van der Waals surface area contributed by atoms with E-state index in [9.17, 15) is 38.4 Å². The largest absolute Gasteiger partial charge is 0.486 e. The summed E-state index contributed by atoms with van der Waals surface area (Å²) >= 11 is 22.3. The number of nitrogens with zero attached hydrogens (tertiary/aromatic N) is 15. The molecule has 0 saturated carbocycles. The van der Waals surface area contributed by atoms with Crippen LogP contribution >= 0.6 is 34.8 Å². The summed E-state index contributed by atoms with van der Waals surface area (Å²) in [5.74, 6) is -2.25. The van der Waals surface area contributed by atoms with Crippen LogP contribution < -0.4 is 53.2 Å². The summed E-state index contributed by atoms with van der Waals surface area (Å²) in [6, 6.07) is 19.7. The van der Waals surface area contributed by atoms with Crippen LogP contribution in [0.1, 0.15) is 154 Å². The summed E-state index contributed by atoms with van der Waals surface area (Å²) < 4.78 is 66.3. The van der Waals surface area contributed by atoms with Crippen LogP contribution in [-0.2, 0) is 48.4 Å². The van der Waals surface area contributed by atoms with Crippen molar-refractivity contribution in [2.45, 2.75) is 184 Å². The van der Waals surface area contributed by atoms with Crippen molar-refractivity contribution in [3.8, 4) is 56.2 Å². The molecule has 744 valence electrons. The Morgan fingerprint density at radius 2 is 0.715 bits per heavy atom. The van der Waals surface area contributed by atoms with Crippen LogP contribution in [0, 0.1) is 59.0 Å². The monoisotopic (exact) mass is 2010 g/mol. The molecular formula is C110H112Cl3F3N18O10. The SMILES string of the molecule is C=CC(=O)N1CC2CCOc3c(c4cc(F)c(-c5c(C)ccc6[nH]c(=O)n(C)c56)c(Cl)c4n(-c4c(C)ccnc4C(C)C)c3=O)N2CC1C.C=CC(=O)N1CC2CCc3c(c4cc(F)c(-c5c(C)ccc6[nH]c(=O)n(C)c56)c(Cl)c4n(-c4c(C)ccnc4C(C)C)c3=O)N2CC1C.C=CC(=O)N1CC2Cc3c(c4cc(F)c(-c5c(C)ccc6[nH]c(=O)n(C)c56)c(Cl)c4n(-c4c(C)ccnc4C(C)C)c3=O)N2CC1C. The van der Waals surface area contributed by atoms with Crippen LogP contribution in [0.25, 0.3) is 116 Å². The number of aryl methyl sites for hydroxylation is 9. The fourth-order valence-electron chi connectivity index (χ4n) is 23.1. The van der Waals surface area contributed by atoms with Gasteiger partial charge in [-0.15, -0.1) is 0 Å². The predicted octanol–water partition coefficient (Wildman–Crippen LogP) is 18.4. The number of pyridine rings is 6. The summed E-state index contributed by atoms with van der Waals surface area (Å²) in [7, 11) is 4.89. The third-order valence-corrected chi connectivity index (χ3v) is 31.2. The standard InChI is InChI=1S/C37H38ClFN6O4.C37H38ClFN6O3.C36H36ClFN6O3/c1-8-26(46)43-17-22-12-14-49-35-33(44(22)16-21(43)6)23-15-24(39)28(27-19(4)9-10-25-34(27)42(7)37(48)41-25)29(38)32(23)45(36(35)47)31-20(5)11-13-40-30(31)18(2)3;1-8-27(46)43-17-22-10-11-23-33(44(22)16-21(43)6)24-15-25(39)29(28-19(4)9-12-26-35(28)42(7)37(48)41-26)30(38)34(24)45(36(23)47)32-20(5)13-14-40-31(32)18(2)3;1-8-26(45)42-16-21-13-23-32(43(21)15-20(42)6)22-14-24(38)28(27-18(4)9-10-25-34(27)41(7)36(47)40-25)29(37)33(22)44(35(23)46)31-19(5)11-12-39-30(31)17(2)3/h8-11,13,15,18,21-22H,1,12,14,16-17H2,2-7H3,(H,41,48);8-9,12-15,18,21-22H,1,10-11,16-17H2,2-7H3,(H,41,48);8-12,14,17,20-21H,1,13,15-16H2,2-7H3,(H,40,47). The van der Waals surface area contributed by atoms with Gasteiger partial charge in [0.1, 0.15) is 17.5 Å². The molecule has 28 nitrogen and oxygen atoms in total. The van der Waals surface area contributed by atoms with Crippen LogP contribution in [0.3, 0.4) is 0 Å². The number of rotatable bonds is 12. The molecule has 0 aliphatic carbocycles. The van der Waals surface area contributed by atoms with E-state index in [1.165, 1.54) is 54.7 Å². The molecule has 21 rings (SSSR count). The number of hydrogen-bond donors (Lipinski definition) is 3. The number of aromatic amines is 3. The minimum Gasteiger partial charge on any atom is -0.486 e. The molecule has 6 atom stereocenters. The number of nitrogens with one attached hydrogen (secondary N) is 3. The van der Waals surface area contributed by atoms with Crippen molar-refractivity contribution in [3.05, 3.63) is 286 Å². The predicted molar refractivity (Wildman–Crippen MR) is 565 cm³/mol. The van der Waals surface area contributed by atoms with E-state index in [-0.39, 0.29) is 144 Å². The van der Waals surface area contributed by atoms with E-state index in [2.05, 4.69) is 54.4 Å². The number of aromatic nitrogens is 12. The van der Waals surface area contributed by atoms with Crippen LogP contribution in [0.4, 0.5) is 30.2 Å². The number of ether oxygens (including phenoxy) is 1. The Balaban J connectivity index is 0.000000137. The van der Waals surface area contributed by atoms with Crippen molar-refractivity contribution in [1.82, 2.24) is 72.0 Å². The van der Waals surface area contributed by atoms with Gasteiger partial charge in [-0.1, -0.05) is 114 Å². The number of carbonyl (C=O) groups is 3. The second-order valence-electron chi connectivity index (χ2n) is 40.0. The quantitative estimate of drug-likeness (QED) is 0.0958. The van der Waals surface area contributed by atoms with Crippen molar-refractivity contribution in [2.24, 2.45) is 21.1 Å². The Labute approximate surface area is 841 Å². The van der Waals surface area contributed by atoms with E-state index in [0.29, 0.717) is 210 Å². The first-order chi connectivity index (χ1) is 68.5. The number of anilines is 3. The van der Waals surface area contributed by atoms with Crippen LogP contribution in [0.15, 0.2) is 158 Å². The number of fused-ring (bicyclic) bond motifs is 18. The number of halogens is 6. The molecule has 6 aliphatic heterocycles. The second-order valence-corrected chi connectivity index (χ2v) is 41.1. The van der Waals surface area contributed by atoms with E-state index in [4.69, 9.17) is 49.5 Å². The van der Waals surface area contributed by atoms with E-state index in [1.807, 2.05) is 145 Å². The number of imidazole rings is 3. The Morgan fingerprint density at radius 3 is 1.07 bits per heavy atom. The zero-order valence-corrected chi connectivity index (χ0v) is 85.8. The smallest absolute Gasteiger partial charge is 0.326 e. The molecule has 0 spiro atoms. The first-order valence-electron chi connectivity index (χ1n) is 48.5. The number of amides is 3. The summed E-state index contributed by atoms with van der Waals surface area (Å²) in [6.45, 7) is 43.1. The van der Waals surface area contributed by atoms with E-state index in [1.54, 1.807) is 76.9 Å². The molecule has 9 aromatic heterocycles. The van der Waals surface area contributed by atoms with Crippen molar-refractivity contribution < 1.29 is 32.3 Å². The molecule has 3 fully saturated rings. The van der Waals surface area contributed by atoms with Gasteiger partial charge >= 0.3 is 17.1 Å². The van der Waals surface area contributed by atoms with Crippen molar-refractivity contribution in [1.29, 1.82) is 0 Å². The molecule has 3 saturated heterocycles. The number of piperazine rings is 3. The second kappa shape index (κ2) is 37.1. The lowest BCUT2D eigenvalue weighted by molar-refractivity contribution is -0.129. The number of H-pyrrole nitrogens is 3. The van der Waals surface area contributed by atoms with Gasteiger partial charge in [0.2, 0.25) is 23.5 Å². The lowest BCUT2D eigenvalue weighted by Gasteiger charge is -2.49. The number of hydrogen-bond acceptors (Lipinski definition) is 16. The Bertz CT molecular complexity index is 8510. The lowest BCUT2D eigenvalue weighted by Crippen LogP contribution is -2.60. The highest BCUT2D eigenvalue weighted by atomic mass is 35.5. The van der Waals surface area contributed by atoms with E-state index < -0.39 is 23.0 Å². The maximum absolute atomic E-state index is 17.0. The summed E-state index contributed by atoms with van der Waals surface area (Å²) in [4.78, 5) is 156. The summed E-state index contributed by atoms with van der Waals surface area (Å²) in [5.41, 5.74) is 15.4. The summed E-state index contributed by atoms with van der Waals surface area (Å²) in [6.07, 6.45) is 11.2. The Hall–Kier alpha value is -14.3. The Morgan fingerprint density at radius 1 is 0.403 bits per heavy atom. The van der Waals surface area contributed by atoms with Crippen molar-refractivity contribution in [2.75, 3.05) is 60.6 Å². The maximum atomic E-state index is 17.0. The van der Waals surface area contributed by atoms with Gasteiger partial charge in [-0.05, 0) is 199 Å². The Kier molecular flexibility index (Phi) is 25.4. The van der Waals surface area contributed by atoms with Gasteiger partial charge < -0.3 is 49.1 Å². The first-order valence-corrected chi connectivity index (χ1v) is 49.6. The van der Waals surface area contributed by atoms with Gasteiger partial charge in [-0.2, -0.15) is 0 Å². The molecule has 34 heteroatoms. The molecule has 6 unspecified atom stereocenters. The third-order valence-electron chi connectivity index (χ3n) is 30.1.